The van der Waals surface area contributed by atoms with E-state index in [4.69, 9.17) is 4.74 Å². The molecule has 1 atom stereocenters. The molecular formula is C23H30N2O3S. The zero-order valence-electron chi connectivity index (χ0n) is 17.7. The molecule has 2 aromatic rings. The summed E-state index contributed by atoms with van der Waals surface area (Å²) in [5, 5.41) is 2.69. The fourth-order valence-corrected chi connectivity index (χ4v) is 3.31. The molecule has 2 amide bonds. The Kier molecular flexibility index (Phi) is 8.14. The van der Waals surface area contributed by atoms with Gasteiger partial charge in [0, 0.05) is 4.90 Å². The lowest BCUT2D eigenvalue weighted by atomic mass is 10.0. The molecule has 0 aliphatic rings. The van der Waals surface area contributed by atoms with Gasteiger partial charge in [-0.3, -0.25) is 9.52 Å². The maximum atomic E-state index is 12.6. The largest absolute Gasteiger partial charge is 0.444 e. The van der Waals surface area contributed by atoms with Crippen molar-refractivity contribution in [3.63, 3.8) is 0 Å². The molecule has 0 heterocycles. The molecule has 29 heavy (non-hydrogen) atoms. The van der Waals surface area contributed by atoms with E-state index >= 15 is 0 Å². The SMILES string of the molecule is CC(C)CC(NC(=O)OC(C)(C)C)C(=O)NSc1ccc(-c2ccccc2)cc1. The molecule has 6 heteroatoms. The summed E-state index contributed by atoms with van der Waals surface area (Å²) in [4.78, 5) is 25.6. The van der Waals surface area contributed by atoms with E-state index in [1.807, 2.05) is 56.3 Å². The summed E-state index contributed by atoms with van der Waals surface area (Å²) in [6, 6.07) is 17.4. The fraction of sp³-hybridized carbons (Fsp3) is 0.391. The van der Waals surface area contributed by atoms with Crippen molar-refractivity contribution < 1.29 is 14.3 Å². The lowest BCUT2D eigenvalue weighted by Gasteiger charge is -2.24. The van der Waals surface area contributed by atoms with E-state index in [1.165, 1.54) is 11.9 Å². The molecule has 0 aliphatic heterocycles. The summed E-state index contributed by atoms with van der Waals surface area (Å²) < 4.78 is 8.12. The first-order valence-electron chi connectivity index (χ1n) is 9.76. The van der Waals surface area contributed by atoms with Gasteiger partial charge in [0.1, 0.15) is 11.6 Å². The van der Waals surface area contributed by atoms with Gasteiger partial charge in [0.15, 0.2) is 0 Å². The van der Waals surface area contributed by atoms with E-state index in [0.717, 1.165) is 16.0 Å². The molecule has 0 radical (unpaired) electrons. The highest BCUT2D eigenvalue weighted by Gasteiger charge is 2.25. The summed E-state index contributed by atoms with van der Waals surface area (Å²) in [5.41, 5.74) is 1.65. The topological polar surface area (TPSA) is 67.4 Å². The normalized spacial score (nSPS) is 12.3. The van der Waals surface area contributed by atoms with Crippen LogP contribution in [0.25, 0.3) is 11.1 Å². The van der Waals surface area contributed by atoms with Gasteiger partial charge in [0.05, 0.1) is 0 Å². The minimum Gasteiger partial charge on any atom is -0.444 e. The van der Waals surface area contributed by atoms with Crippen LogP contribution in [0.1, 0.15) is 41.0 Å². The van der Waals surface area contributed by atoms with E-state index in [0.29, 0.717) is 6.42 Å². The summed E-state index contributed by atoms with van der Waals surface area (Å²) >= 11 is 1.24. The standard InChI is InChI=1S/C23H30N2O3S/c1-16(2)15-20(24-22(27)28-23(3,4)5)21(26)25-29-19-13-11-18(12-14-19)17-9-7-6-8-10-17/h6-14,16,20H,15H2,1-5H3,(H,24,27)(H,25,26). The third kappa shape index (κ3) is 8.20. The number of rotatable bonds is 7. The number of nitrogens with one attached hydrogen (secondary N) is 2. The molecule has 2 N–H and O–H groups in total. The maximum absolute atomic E-state index is 12.6. The number of carbonyl (C=O) groups excluding carboxylic acids is 2. The number of alkyl carbamates (subject to hydrolysis) is 1. The van der Waals surface area contributed by atoms with Crippen molar-refractivity contribution in [1.29, 1.82) is 0 Å². The van der Waals surface area contributed by atoms with Crippen LogP contribution < -0.4 is 10.0 Å². The second-order valence-electron chi connectivity index (χ2n) is 8.29. The first kappa shape index (κ1) is 22.8. The molecule has 0 saturated heterocycles. The molecule has 2 rings (SSSR count). The number of hydrogen-bond donors (Lipinski definition) is 2. The van der Waals surface area contributed by atoms with Crippen molar-refractivity contribution in [3.8, 4) is 11.1 Å². The molecule has 0 fully saturated rings. The summed E-state index contributed by atoms with van der Waals surface area (Å²) in [5.74, 6) is -0.00228. The van der Waals surface area contributed by atoms with Crippen molar-refractivity contribution in [2.75, 3.05) is 0 Å². The van der Waals surface area contributed by atoms with Crippen molar-refractivity contribution in [3.05, 3.63) is 54.6 Å². The zero-order chi connectivity index (χ0) is 21.4. The second kappa shape index (κ2) is 10.3. The molecular weight excluding hydrogens is 384 g/mol. The van der Waals surface area contributed by atoms with Gasteiger partial charge in [-0.1, -0.05) is 56.3 Å². The van der Waals surface area contributed by atoms with Gasteiger partial charge < -0.3 is 10.1 Å². The lowest BCUT2D eigenvalue weighted by molar-refractivity contribution is -0.121. The Bertz CT molecular complexity index is 799. The maximum Gasteiger partial charge on any atom is 0.408 e. The van der Waals surface area contributed by atoms with E-state index < -0.39 is 17.7 Å². The molecule has 5 nitrogen and oxygen atoms in total. The van der Waals surface area contributed by atoms with Gasteiger partial charge in [-0.15, -0.1) is 0 Å². The van der Waals surface area contributed by atoms with Crippen LogP contribution in [0.2, 0.25) is 0 Å². The van der Waals surface area contributed by atoms with Gasteiger partial charge in [-0.2, -0.15) is 0 Å². The lowest BCUT2D eigenvalue weighted by Crippen LogP contribution is -2.47. The van der Waals surface area contributed by atoms with Crippen molar-refractivity contribution in [1.82, 2.24) is 10.0 Å². The first-order valence-corrected chi connectivity index (χ1v) is 10.6. The number of benzene rings is 2. The highest BCUT2D eigenvalue weighted by atomic mass is 32.2. The number of hydrogen-bond acceptors (Lipinski definition) is 4. The Morgan fingerprint density at radius 2 is 1.55 bits per heavy atom. The Hall–Kier alpha value is -2.47. The average Bonchev–Trinajstić information content (AvgIpc) is 2.65. The first-order chi connectivity index (χ1) is 13.6. The fourth-order valence-electron chi connectivity index (χ4n) is 2.68. The van der Waals surface area contributed by atoms with Crippen LogP contribution in [-0.4, -0.2) is 23.6 Å². The predicted octanol–water partition coefficient (Wildman–Crippen LogP) is 5.42. The summed E-state index contributed by atoms with van der Waals surface area (Å²) in [6.45, 7) is 9.39. The van der Waals surface area contributed by atoms with Gasteiger partial charge in [0.25, 0.3) is 5.91 Å². The Morgan fingerprint density at radius 3 is 2.10 bits per heavy atom. The molecule has 0 bridgehead atoms. The van der Waals surface area contributed by atoms with E-state index in [-0.39, 0.29) is 11.8 Å². The van der Waals surface area contributed by atoms with E-state index in [2.05, 4.69) is 22.2 Å². The smallest absolute Gasteiger partial charge is 0.408 e. The molecule has 0 aliphatic carbocycles. The Balaban J connectivity index is 1.95. The predicted molar refractivity (Wildman–Crippen MR) is 118 cm³/mol. The van der Waals surface area contributed by atoms with Crippen molar-refractivity contribution in [2.45, 2.75) is 57.6 Å². The molecule has 1 unspecified atom stereocenters. The third-order valence-electron chi connectivity index (χ3n) is 3.95. The molecule has 0 aromatic heterocycles. The third-order valence-corrected chi connectivity index (χ3v) is 4.76. The minimum atomic E-state index is -0.652. The quantitative estimate of drug-likeness (QED) is 0.594. The van der Waals surface area contributed by atoms with Crippen molar-refractivity contribution >= 4 is 23.9 Å². The van der Waals surface area contributed by atoms with Crippen LogP contribution >= 0.6 is 11.9 Å². The van der Waals surface area contributed by atoms with Crippen LogP contribution in [0.4, 0.5) is 4.79 Å². The van der Waals surface area contributed by atoms with Gasteiger partial charge in [-0.25, -0.2) is 4.79 Å². The minimum absolute atomic E-state index is 0.246. The van der Waals surface area contributed by atoms with Crippen LogP contribution in [0.5, 0.6) is 0 Å². The van der Waals surface area contributed by atoms with Crippen LogP contribution in [0.15, 0.2) is 59.5 Å². The van der Waals surface area contributed by atoms with Crippen LogP contribution in [0.3, 0.4) is 0 Å². The van der Waals surface area contributed by atoms with Gasteiger partial charge in [-0.05, 0) is 68.3 Å². The molecule has 2 aromatic carbocycles. The highest BCUT2D eigenvalue weighted by Crippen LogP contribution is 2.23. The van der Waals surface area contributed by atoms with E-state index in [1.54, 1.807) is 20.8 Å². The molecule has 0 spiro atoms. The molecule has 156 valence electrons. The number of ether oxygens (including phenoxy) is 1. The number of carbonyl (C=O) groups is 2. The summed E-state index contributed by atoms with van der Waals surface area (Å²) in [7, 11) is 0. The Labute approximate surface area is 177 Å². The Morgan fingerprint density at radius 1 is 0.966 bits per heavy atom. The monoisotopic (exact) mass is 414 g/mol. The zero-order valence-corrected chi connectivity index (χ0v) is 18.5. The second-order valence-corrected chi connectivity index (χ2v) is 9.17. The molecule has 0 saturated carbocycles. The average molecular weight is 415 g/mol. The van der Waals surface area contributed by atoms with Crippen molar-refractivity contribution in [2.24, 2.45) is 5.92 Å². The van der Waals surface area contributed by atoms with Crippen LogP contribution in [0, 0.1) is 5.92 Å². The van der Waals surface area contributed by atoms with Gasteiger partial charge in [0.2, 0.25) is 0 Å². The summed E-state index contributed by atoms with van der Waals surface area (Å²) in [6.07, 6.45) is -0.0611. The highest BCUT2D eigenvalue weighted by molar-refractivity contribution is 7.98. The van der Waals surface area contributed by atoms with Gasteiger partial charge >= 0.3 is 6.09 Å². The number of amides is 2. The van der Waals surface area contributed by atoms with E-state index in [9.17, 15) is 9.59 Å². The van der Waals surface area contributed by atoms with Crippen LogP contribution in [-0.2, 0) is 9.53 Å².